The summed E-state index contributed by atoms with van der Waals surface area (Å²) in [7, 11) is 0. The van der Waals surface area contributed by atoms with Crippen LogP contribution in [0.2, 0.25) is 0 Å². The normalized spacial score (nSPS) is 23.1. The van der Waals surface area contributed by atoms with Gasteiger partial charge >= 0.3 is 11.9 Å². The van der Waals surface area contributed by atoms with Gasteiger partial charge in [0.2, 0.25) is 0 Å². The molecule has 0 amide bonds. The van der Waals surface area contributed by atoms with Gasteiger partial charge in [0.25, 0.3) is 0 Å². The molecule has 1 aliphatic heterocycles. The molecule has 3 atom stereocenters. The molecule has 5 nitrogen and oxygen atoms in total. The van der Waals surface area contributed by atoms with Crippen LogP contribution in [0.3, 0.4) is 0 Å². The second kappa shape index (κ2) is 7.75. The van der Waals surface area contributed by atoms with Crippen molar-refractivity contribution in [2.45, 2.75) is 44.5 Å². The summed E-state index contributed by atoms with van der Waals surface area (Å²) in [4.78, 5) is 22.6. The molecule has 118 valence electrons. The van der Waals surface area contributed by atoms with E-state index in [0.29, 0.717) is 12.8 Å². The minimum Gasteiger partial charge on any atom is -0.462 e. The quantitative estimate of drug-likeness (QED) is 0.843. The largest absolute Gasteiger partial charge is 0.462 e. The Morgan fingerprint density at radius 1 is 1.45 bits per heavy atom. The predicted octanol–water partition coefficient (Wildman–Crippen LogP) is 2.09. The van der Waals surface area contributed by atoms with Gasteiger partial charge < -0.3 is 14.6 Å². The highest BCUT2D eigenvalue weighted by Crippen LogP contribution is 2.21. The van der Waals surface area contributed by atoms with Crippen molar-refractivity contribution >= 4 is 18.0 Å². The molecule has 0 bridgehead atoms. The van der Waals surface area contributed by atoms with Crippen molar-refractivity contribution in [3.8, 4) is 0 Å². The molecule has 0 aliphatic carbocycles. The van der Waals surface area contributed by atoms with Gasteiger partial charge in [-0.2, -0.15) is 0 Å². The molecule has 2 rings (SSSR count). The molecule has 1 heterocycles. The van der Waals surface area contributed by atoms with Crippen molar-refractivity contribution in [3.63, 3.8) is 0 Å². The maximum absolute atomic E-state index is 11.4. The SMILES string of the molecule is CC(=O)O[C@H](/C=C/c1ccccc1)C[C@H]1C[C@@H](O)CC(=O)O1. The zero-order valence-corrected chi connectivity index (χ0v) is 12.5. The minimum atomic E-state index is -0.692. The lowest BCUT2D eigenvalue weighted by Gasteiger charge is -2.27. The first kappa shape index (κ1) is 16.2. The smallest absolute Gasteiger partial charge is 0.308 e. The molecule has 1 saturated heterocycles. The van der Waals surface area contributed by atoms with E-state index in [4.69, 9.17) is 9.47 Å². The summed E-state index contributed by atoms with van der Waals surface area (Å²) in [5.41, 5.74) is 0.986. The van der Waals surface area contributed by atoms with Gasteiger partial charge in [0, 0.05) is 19.8 Å². The number of carbonyl (C=O) groups excluding carboxylic acids is 2. The van der Waals surface area contributed by atoms with Crippen molar-refractivity contribution in [3.05, 3.63) is 42.0 Å². The predicted molar refractivity (Wildman–Crippen MR) is 80.8 cm³/mol. The van der Waals surface area contributed by atoms with Crippen molar-refractivity contribution in [2.24, 2.45) is 0 Å². The first-order valence-electron chi connectivity index (χ1n) is 7.31. The van der Waals surface area contributed by atoms with Crippen molar-refractivity contribution in [1.82, 2.24) is 0 Å². The molecule has 0 saturated carbocycles. The Balaban J connectivity index is 2.01. The van der Waals surface area contributed by atoms with E-state index in [9.17, 15) is 14.7 Å². The second-order valence-corrected chi connectivity index (χ2v) is 5.36. The summed E-state index contributed by atoms with van der Waals surface area (Å²) in [5.74, 6) is -0.817. The second-order valence-electron chi connectivity index (χ2n) is 5.36. The highest BCUT2D eigenvalue weighted by molar-refractivity contribution is 5.71. The molecular weight excluding hydrogens is 284 g/mol. The Bertz CT molecular complexity index is 537. The third-order valence-electron chi connectivity index (χ3n) is 3.35. The van der Waals surface area contributed by atoms with E-state index in [1.54, 1.807) is 6.08 Å². The van der Waals surface area contributed by atoms with Crippen molar-refractivity contribution in [1.29, 1.82) is 0 Å². The van der Waals surface area contributed by atoms with Gasteiger partial charge in [0.05, 0.1) is 12.5 Å². The van der Waals surface area contributed by atoms with Crippen LogP contribution in [-0.4, -0.2) is 35.4 Å². The molecule has 0 aromatic heterocycles. The number of esters is 2. The van der Waals surface area contributed by atoms with E-state index in [1.807, 2.05) is 36.4 Å². The lowest BCUT2D eigenvalue weighted by atomic mass is 10.00. The molecule has 1 aromatic carbocycles. The van der Waals surface area contributed by atoms with E-state index in [2.05, 4.69) is 0 Å². The number of carbonyl (C=O) groups is 2. The average molecular weight is 304 g/mol. The summed E-state index contributed by atoms with van der Waals surface area (Å²) >= 11 is 0. The van der Waals surface area contributed by atoms with Gasteiger partial charge in [0.1, 0.15) is 12.2 Å². The summed E-state index contributed by atoms with van der Waals surface area (Å²) in [6, 6.07) is 9.63. The van der Waals surface area contributed by atoms with Crippen LogP contribution in [0.1, 0.15) is 31.7 Å². The van der Waals surface area contributed by atoms with Gasteiger partial charge in [-0.3, -0.25) is 9.59 Å². The fourth-order valence-electron chi connectivity index (χ4n) is 2.43. The molecule has 22 heavy (non-hydrogen) atoms. The van der Waals surface area contributed by atoms with Crippen LogP contribution in [0.4, 0.5) is 0 Å². The number of aliphatic hydroxyl groups excluding tert-OH is 1. The van der Waals surface area contributed by atoms with Crippen molar-refractivity contribution < 1.29 is 24.2 Å². The zero-order chi connectivity index (χ0) is 15.9. The third-order valence-corrected chi connectivity index (χ3v) is 3.35. The Labute approximate surface area is 129 Å². The molecule has 0 radical (unpaired) electrons. The van der Waals surface area contributed by atoms with E-state index in [1.165, 1.54) is 6.92 Å². The van der Waals surface area contributed by atoms with Crippen LogP contribution in [-0.2, 0) is 19.1 Å². The van der Waals surface area contributed by atoms with Crippen LogP contribution in [0.25, 0.3) is 6.08 Å². The van der Waals surface area contributed by atoms with Gasteiger partial charge in [-0.05, 0) is 11.6 Å². The van der Waals surface area contributed by atoms with E-state index >= 15 is 0 Å². The maximum Gasteiger partial charge on any atom is 0.308 e. The Kier molecular flexibility index (Phi) is 5.72. The maximum atomic E-state index is 11.4. The highest BCUT2D eigenvalue weighted by atomic mass is 16.6. The van der Waals surface area contributed by atoms with E-state index < -0.39 is 30.3 Å². The zero-order valence-electron chi connectivity index (χ0n) is 12.5. The number of cyclic esters (lactones) is 1. The van der Waals surface area contributed by atoms with Crippen LogP contribution in [0, 0.1) is 0 Å². The molecular formula is C17H20O5. The number of benzene rings is 1. The fourth-order valence-corrected chi connectivity index (χ4v) is 2.43. The number of rotatable bonds is 5. The number of ether oxygens (including phenoxy) is 2. The molecule has 1 aliphatic rings. The van der Waals surface area contributed by atoms with E-state index in [0.717, 1.165) is 5.56 Å². The van der Waals surface area contributed by atoms with E-state index in [-0.39, 0.29) is 6.42 Å². The van der Waals surface area contributed by atoms with Gasteiger partial charge in [-0.15, -0.1) is 0 Å². The van der Waals surface area contributed by atoms with Gasteiger partial charge in [-0.1, -0.05) is 36.4 Å². The molecule has 1 aromatic rings. The van der Waals surface area contributed by atoms with Crippen LogP contribution in [0.15, 0.2) is 36.4 Å². The summed E-state index contributed by atoms with van der Waals surface area (Å²) in [6.45, 7) is 1.34. The summed E-state index contributed by atoms with van der Waals surface area (Å²) < 4.78 is 10.4. The molecule has 0 spiro atoms. The Morgan fingerprint density at radius 2 is 2.18 bits per heavy atom. The van der Waals surface area contributed by atoms with Crippen LogP contribution >= 0.6 is 0 Å². The summed E-state index contributed by atoms with van der Waals surface area (Å²) in [5, 5.41) is 9.63. The number of hydrogen-bond donors (Lipinski definition) is 1. The average Bonchev–Trinajstić information content (AvgIpc) is 2.44. The number of hydrogen-bond acceptors (Lipinski definition) is 5. The van der Waals surface area contributed by atoms with Crippen LogP contribution in [0.5, 0.6) is 0 Å². The Morgan fingerprint density at radius 3 is 2.82 bits per heavy atom. The molecule has 1 N–H and O–H groups in total. The van der Waals surface area contributed by atoms with Gasteiger partial charge in [-0.25, -0.2) is 0 Å². The molecule has 0 unspecified atom stereocenters. The Hall–Kier alpha value is -2.14. The number of aliphatic hydroxyl groups is 1. The van der Waals surface area contributed by atoms with Crippen LogP contribution < -0.4 is 0 Å². The third kappa shape index (κ3) is 5.33. The van der Waals surface area contributed by atoms with Crippen molar-refractivity contribution in [2.75, 3.05) is 0 Å². The first-order valence-corrected chi connectivity index (χ1v) is 7.31. The highest BCUT2D eigenvalue weighted by Gasteiger charge is 2.29. The summed E-state index contributed by atoms with van der Waals surface area (Å²) in [6.07, 6.45) is 2.72. The fraction of sp³-hybridized carbons (Fsp3) is 0.412. The molecule has 1 fully saturated rings. The van der Waals surface area contributed by atoms with Gasteiger partial charge in [0.15, 0.2) is 0 Å². The minimum absolute atomic E-state index is 0.0224. The lowest BCUT2D eigenvalue weighted by Crippen LogP contribution is -2.35. The monoisotopic (exact) mass is 304 g/mol. The first-order chi connectivity index (χ1) is 10.5. The molecule has 5 heteroatoms. The topological polar surface area (TPSA) is 72.8 Å². The standard InChI is InChI=1S/C17H20O5/c1-12(18)21-15(8-7-13-5-3-2-4-6-13)11-16-9-14(19)10-17(20)22-16/h2-8,14-16,19H,9-11H2,1H3/b8-7+/t14-,15-,16-/m1/s1. The lowest BCUT2D eigenvalue weighted by molar-refractivity contribution is -0.162.